The zero-order valence-corrected chi connectivity index (χ0v) is 13.1. The van der Waals surface area contributed by atoms with E-state index in [4.69, 9.17) is 28.9 Å². The van der Waals surface area contributed by atoms with Crippen LogP contribution in [-0.4, -0.2) is 11.9 Å². The van der Waals surface area contributed by atoms with E-state index in [-0.39, 0.29) is 11.3 Å². The van der Waals surface area contributed by atoms with Crippen molar-refractivity contribution in [3.63, 3.8) is 0 Å². The van der Waals surface area contributed by atoms with Crippen molar-refractivity contribution in [2.45, 2.75) is 6.92 Å². The van der Waals surface area contributed by atoms with Gasteiger partial charge in [-0.25, -0.2) is 4.79 Å². The SMILES string of the molecule is Cc1cc(Cl)cc(NC(=O)Nc2cc(Cl)ccc2C(N)=O)c1. The number of nitrogens with one attached hydrogen (secondary N) is 2. The summed E-state index contributed by atoms with van der Waals surface area (Å²) in [6.45, 7) is 1.86. The molecule has 3 amide bonds. The van der Waals surface area contributed by atoms with Crippen molar-refractivity contribution in [1.29, 1.82) is 0 Å². The van der Waals surface area contributed by atoms with Crippen molar-refractivity contribution in [1.82, 2.24) is 0 Å². The highest BCUT2D eigenvalue weighted by atomic mass is 35.5. The van der Waals surface area contributed by atoms with Gasteiger partial charge in [0.15, 0.2) is 0 Å². The summed E-state index contributed by atoms with van der Waals surface area (Å²) in [7, 11) is 0. The van der Waals surface area contributed by atoms with E-state index in [0.717, 1.165) is 5.56 Å². The van der Waals surface area contributed by atoms with E-state index in [9.17, 15) is 9.59 Å². The number of carbonyl (C=O) groups is 2. The molecule has 0 spiro atoms. The van der Waals surface area contributed by atoms with Gasteiger partial charge in [-0.3, -0.25) is 4.79 Å². The third-order valence-electron chi connectivity index (χ3n) is 2.80. The molecule has 2 rings (SSSR count). The fourth-order valence-corrected chi connectivity index (χ4v) is 2.39. The van der Waals surface area contributed by atoms with E-state index < -0.39 is 11.9 Å². The van der Waals surface area contributed by atoms with Gasteiger partial charge in [0.05, 0.1) is 11.3 Å². The first-order chi connectivity index (χ1) is 10.3. The van der Waals surface area contributed by atoms with Gasteiger partial charge >= 0.3 is 6.03 Å². The molecule has 22 heavy (non-hydrogen) atoms. The van der Waals surface area contributed by atoms with Crippen molar-refractivity contribution in [2.24, 2.45) is 5.73 Å². The number of carbonyl (C=O) groups excluding carboxylic acids is 2. The monoisotopic (exact) mass is 337 g/mol. The van der Waals surface area contributed by atoms with Crippen LogP contribution in [0.15, 0.2) is 36.4 Å². The number of hydrogen-bond donors (Lipinski definition) is 3. The maximum Gasteiger partial charge on any atom is 0.323 e. The molecule has 0 saturated heterocycles. The standard InChI is InChI=1S/C15H13Cl2N3O2/c1-8-4-10(17)6-11(5-8)19-15(22)20-13-7-9(16)2-3-12(13)14(18)21/h2-7H,1H3,(H2,18,21)(H2,19,20,22). The van der Waals surface area contributed by atoms with Crippen LogP contribution in [0.4, 0.5) is 16.2 Å². The smallest absolute Gasteiger partial charge is 0.323 e. The lowest BCUT2D eigenvalue weighted by Crippen LogP contribution is -2.22. The van der Waals surface area contributed by atoms with Crippen molar-refractivity contribution in [2.75, 3.05) is 10.6 Å². The molecule has 5 nitrogen and oxygen atoms in total. The lowest BCUT2D eigenvalue weighted by Gasteiger charge is -2.11. The average molecular weight is 338 g/mol. The fraction of sp³-hybridized carbons (Fsp3) is 0.0667. The molecule has 0 aliphatic rings. The molecule has 7 heteroatoms. The molecule has 0 bridgehead atoms. The first-order valence-electron chi connectivity index (χ1n) is 6.29. The van der Waals surface area contributed by atoms with Gasteiger partial charge in [-0.2, -0.15) is 0 Å². The molecular weight excluding hydrogens is 325 g/mol. The van der Waals surface area contributed by atoms with Crippen LogP contribution in [0, 0.1) is 6.92 Å². The van der Waals surface area contributed by atoms with Gasteiger partial charge in [0, 0.05) is 15.7 Å². The molecule has 2 aromatic rings. The Hall–Kier alpha value is -2.24. The minimum absolute atomic E-state index is 0.168. The summed E-state index contributed by atoms with van der Waals surface area (Å²) >= 11 is 11.8. The Morgan fingerprint density at radius 2 is 1.73 bits per heavy atom. The minimum Gasteiger partial charge on any atom is -0.366 e. The predicted molar refractivity (Wildman–Crippen MR) is 88.8 cm³/mol. The Morgan fingerprint density at radius 1 is 1.00 bits per heavy atom. The summed E-state index contributed by atoms with van der Waals surface area (Å²) in [4.78, 5) is 23.4. The summed E-state index contributed by atoms with van der Waals surface area (Å²) in [5, 5.41) is 6.05. The van der Waals surface area contributed by atoms with Crippen LogP contribution in [0.2, 0.25) is 10.0 Å². The lowest BCUT2D eigenvalue weighted by molar-refractivity contribution is 0.100. The van der Waals surface area contributed by atoms with Crippen LogP contribution in [0.3, 0.4) is 0 Å². The predicted octanol–water partition coefficient (Wildman–Crippen LogP) is 4.04. The van der Waals surface area contributed by atoms with Gasteiger partial charge in [0.1, 0.15) is 0 Å². The number of anilines is 2. The topological polar surface area (TPSA) is 84.2 Å². The molecule has 0 radical (unpaired) electrons. The summed E-state index contributed by atoms with van der Waals surface area (Å²) < 4.78 is 0. The van der Waals surface area contributed by atoms with Crippen LogP contribution < -0.4 is 16.4 Å². The third kappa shape index (κ3) is 4.13. The molecule has 0 aliphatic heterocycles. The molecule has 114 valence electrons. The number of amides is 3. The highest BCUT2D eigenvalue weighted by molar-refractivity contribution is 6.31. The Labute approximate surface area is 137 Å². The first kappa shape index (κ1) is 16.1. The summed E-state index contributed by atoms with van der Waals surface area (Å²) in [5.74, 6) is -0.662. The number of hydrogen-bond acceptors (Lipinski definition) is 2. The molecule has 0 atom stereocenters. The fourth-order valence-electron chi connectivity index (χ4n) is 1.93. The van der Waals surface area contributed by atoms with Crippen LogP contribution >= 0.6 is 23.2 Å². The van der Waals surface area contributed by atoms with E-state index in [0.29, 0.717) is 15.7 Å². The average Bonchev–Trinajstić information content (AvgIpc) is 2.36. The van der Waals surface area contributed by atoms with Gasteiger partial charge in [-0.15, -0.1) is 0 Å². The van der Waals surface area contributed by atoms with E-state index in [1.807, 2.05) is 6.92 Å². The summed E-state index contributed by atoms with van der Waals surface area (Å²) in [5.41, 5.74) is 7.10. The first-order valence-corrected chi connectivity index (χ1v) is 7.05. The molecule has 4 N–H and O–H groups in total. The van der Waals surface area contributed by atoms with Gasteiger partial charge in [0.2, 0.25) is 0 Å². The third-order valence-corrected chi connectivity index (χ3v) is 3.25. The van der Waals surface area contributed by atoms with E-state index in [1.54, 1.807) is 18.2 Å². The van der Waals surface area contributed by atoms with E-state index >= 15 is 0 Å². The highest BCUT2D eigenvalue weighted by Crippen LogP contribution is 2.22. The highest BCUT2D eigenvalue weighted by Gasteiger charge is 2.12. The van der Waals surface area contributed by atoms with Crippen molar-refractivity contribution < 1.29 is 9.59 Å². The number of primary amides is 1. The lowest BCUT2D eigenvalue weighted by atomic mass is 10.1. The molecule has 0 aliphatic carbocycles. The molecule has 0 heterocycles. The van der Waals surface area contributed by atoms with Crippen LogP contribution in [-0.2, 0) is 0 Å². The number of urea groups is 1. The molecule has 0 saturated carbocycles. The summed E-state index contributed by atoms with van der Waals surface area (Å²) in [6, 6.07) is 9.03. The second-order valence-corrected chi connectivity index (χ2v) is 5.52. The van der Waals surface area contributed by atoms with Gasteiger partial charge in [-0.1, -0.05) is 23.2 Å². The van der Waals surface area contributed by atoms with E-state index in [1.165, 1.54) is 18.2 Å². The zero-order chi connectivity index (χ0) is 16.3. The zero-order valence-electron chi connectivity index (χ0n) is 11.6. The van der Waals surface area contributed by atoms with Crippen LogP contribution in [0.5, 0.6) is 0 Å². The summed E-state index contributed by atoms with van der Waals surface area (Å²) in [6.07, 6.45) is 0. The maximum atomic E-state index is 12.0. The Morgan fingerprint density at radius 3 is 2.36 bits per heavy atom. The largest absolute Gasteiger partial charge is 0.366 e. The van der Waals surface area contributed by atoms with Crippen LogP contribution in [0.1, 0.15) is 15.9 Å². The van der Waals surface area contributed by atoms with Crippen molar-refractivity contribution in [3.8, 4) is 0 Å². The Balaban J connectivity index is 2.18. The number of nitrogens with two attached hydrogens (primary N) is 1. The number of halogens is 2. The molecular formula is C15H13Cl2N3O2. The second-order valence-electron chi connectivity index (χ2n) is 4.65. The maximum absolute atomic E-state index is 12.0. The van der Waals surface area contributed by atoms with Crippen LogP contribution in [0.25, 0.3) is 0 Å². The quantitative estimate of drug-likeness (QED) is 0.789. The van der Waals surface area contributed by atoms with Gasteiger partial charge in [0.25, 0.3) is 5.91 Å². The normalized spacial score (nSPS) is 10.1. The van der Waals surface area contributed by atoms with E-state index in [2.05, 4.69) is 10.6 Å². The van der Waals surface area contributed by atoms with Crippen molar-refractivity contribution >= 4 is 46.5 Å². The number of aryl methyl sites for hydroxylation is 1. The number of benzene rings is 2. The Bertz CT molecular complexity index is 727. The van der Waals surface area contributed by atoms with Gasteiger partial charge < -0.3 is 16.4 Å². The minimum atomic E-state index is -0.662. The number of rotatable bonds is 3. The molecule has 2 aromatic carbocycles. The van der Waals surface area contributed by atoms with Gasteiger partial charge in [-0.05, 0) is 48.9 Å². The molecule has 0 aromatic heterocycles. The van der Waals surface area contributed by atoms with Crippen molar-refractivity contribution in [3.05, 3.63) is 57.6 Å². The molecule has 0 unspecified atom stereocenters. The second kappa shape index (κ2) is 6.68. The Kier molecular flexibility index (Phi) is 4.90. The molecule has 0 fully saturated rings.